The van der Waals surface area contributed by atoms with Gasteiger partial charge in [-0.1, -0.05) is 13.0 Å². The molecule has 0 radical (unpaired) electrons. The molecule has 146 valence electrons. The number of benzene rings is 1. The highest BCUT2D eigenvalue weighted by molar-refractivity contribution is 5.97. The average molecular weight is 389 g/mol. The smallest absolute Gasteiger partial charge is 0.360 e. The number of nitrogens with zero attached hydrogens (tertiary/aromatic N) is 1. The molecule has 0 saturated carbocycles. The van der Waals surface area contributed by atoms with E-state index in [0.717, 1.165) is 11.8 Å². The molecule has 2 N–H and O–H groups in total. The second-order valence-electron chi connectivity index (χ2n) is 6.27. The van der Waals surface area contributed by atoms with Crippen molar-refractivity contribution in [1.29, 1.82) is 0 Å². The number of alkyl halides is 3. The molecule has 1 amide bonds. The largest absolute Gasteiger partial charge is 0.418 e. The van der Waals surface area contributed by atoms with Crippen molar-refractivity contribution in [3.8, 4) is 0 Å². The van der Waals surface area contributed by atoms with Crippen LogP contribution in [0.4, 0.5) is 13.2 Å². The zero-order valence-electron chi connectivity index (χ0n) is 15.1. The molecule has 0 atom stereocenters. The second kappa shape index (κ2) is 7.84. The minimum Gasteiger partial charge on any atom is -0.360 e. The monoisotopic (exact) mass is 389 g/mol. The fourth-order valence-corrected chi connectivity index (χ4v) is 3.09. The van der Waals surface area contributed by atoms with Gasteiger partial charge in [0.05, 0.1) is 11.1 Å². The van der Waals surface area contributed by atoms with Gasteiger partial charge in [-0.3, -0.25) is 14.6 Å². The summed E-state index contributed by atoms with van der Waals surface area (Å²) in [6, 6.07) is 6.22. The Bertz CT molecular complexity index is 1060. The molecular formula is C20H18F3N3O2. The van der Waals surface area contributed by atoms with Gasteiger partial charge >= 0.3 is 6.18 Å². The minimum absolute atomic E-state index is 0.0882. The summed E-state index contributed by atoms with van der Waals surface area (Å²) in [5.41, 5.74) is -1.07. The summed E-state index contributed by atoms with van der Waals surface area (Å²) in [6.45, 7) is 1.89. The molecule has 0 aliphatic carbocycles. The van der Waals surface area contributed by atoms with E-state index in [2.05, 4.69) is 15.3 Å². The maximum atomic E-state index is 13.5. The van der Waals surface area contributed by atoms with E-state index in [1.165, 1.54) is 12.1 Å². The zero-order chi connectivity index (χ0) is 20.3. The molecule has 28 heavy (non-hydrogen) atoms. The fraction of sp³-hybridized carbons (Fsp3) is 0.250. The first-order valence-corrected chi connectivity index (χ1v) is 8.74. The maximum Gasteiger partial charge on any atom is 0.418 e. The van der Waals surface area contributed by atoms with E-state index in [1.54, 1.807) is 31.5 Å². The van der Waals surface area contributed by atoms with Gasteiger partial charge in [-0.05, 0) is 42.2 Å². The predicted octanol–water partition coefficient (Wildman–Crippen LogP) is 3.48. The first kappa shape index (κ1) is 19.6. The number of carbonyl (C=O) groups is 1. The number of hydrogen-bond donors (Lipinski definition) is 2. The number of H-pyrrole nitrogens is 1. The Morgan fingerprint density at radius 2 is 1.89 bits per heavy atom. The first-order chi connectivity index (χ1) is 13.3. The first-order valence-electron chi connectivity index (χ1n) is 8.74. The number of pyridine rings is 2. The van der Waals surface area contributed by atoms with Crippen molar-refractivity contribution in [3.05, 3.63) is 75.3 Å². The minimum atomic E-state index is -4.61. The maximum absolute atomic E-state index is 13.5. The highest BCUT2D eigenvalue weighted by Gasteiger charge is 2.36. The van der Waals surface area contributed by atoms with Crippen molar-refractivity contribution in [2.75, 3.05) is 6.54 Å². The van der Waals surface area contributed by atoms with Crippen molar-refractivity contribution in [2.24, 2.45) is 0 Å². The molecule has 0 unspecified atom stereocenters. The van der Waals surface area contributed by atoms with Crippen LogP contribution < -0.4 is 10.7 Å². The Labute approximate surface area is 158 Å². The molecule has 0 aliphatic rings. The van der Waals surface area contributed by atoms with E-state index in [1.807, 2.05) is 0 Å². The highest BCUT2D eigenvalue weighted by Crippen LogP contribution is 2.36. The van der Waals surface area contributed by atoms with Crippen LogP contribution in [-0.4, -0.2) is 22.4 Å². The van der Waals surface area contributed by atoms with Crippen molar-refractivity contribution in [3.63, 3.8) is 0 Å². The number of aromatic nitrogens is 2. The van der Waals surface area contributed by atoms with Crippen LogP contribution in [0, 0.1) is 0 Å². The van der Waals surface area contributed by atoms with Crippen molar-refractivity contribution >= 4 is 16.8 Å². The highest BCUT2D eigenvalue weighted by atomic mass is 19.4. The fourth-order valence-electron chi connectivity index (χ4n) is 3.09. The molecule has 0 aliphatic heterocycles. The lowest BCUT2D eigenvalue weighted by atomic mass is 9.99. The number of amides is 1. The number of hydrogen-bond acceptors (Lipinski definition) is 3. The summed E-state index contributed by atoms with van der Waals surface area (Å²) < 4.78 is 40.4. The molecule has 2 aromatic heterocycles. The van der Waals surface area contributed by atoms with Gasteiger partial charge in [0.1, 0.15) is 5.56 Å². The molecule has 5 nitrogen and oxygen atoms in total. The van der Waals surface area contributed by atoms with E-state index in [0.29, 0.717) is 6.42 Å². The summed E-state index contributed by atoms with van der Waals surface area (Å²) in [4.78, 5) is 31.4. The second-order valence-corrected chi connectivity index (χ2v) is 6.27. The van der Waals surface area contributed by atoms with E-state index in [-0.39, 0.29) is 35.0 Å². The summed E-state index contributed by atoms with van der Waals surface area (Å²) in [7, 11) is 0. The van der Waals surface area contributed by atoms with Crippen LogP contribution >= 0.6 is 0 Å². The van der Waals surface area contributed by atoms with Gasteiger partial charge in [0.15, 0.2) is 0 Å². The molecule has 8 heteroatoms. The van der Waals surface area contributed by atoms with Gasteiger partial charge in [0, 0.05) is 30.5 Å². The number of aryl methyl sites for hydroxylation is 1. The van der Waals surface area contributed by atoms with Crippen molar-refractivity contribution < 1.29 is 18.0 Å². The number of nitrogens with one attached hydrogen (secondary N) is 2. The molecule has 0 fully saturated rings. The van der Waals surface area contributed by atoms with Gasteiger partial charge in [-0.25, -0.2) is 0 Å². The summed E-state index contributed by atoms with van der Waals surface area (Å²) in [6.07, 6.45) is 0.410. The molecule has 2 heterocycles. The molecule has 0 saturated heterocycles. The van der Waals surface area contributed by atoms with Crippen LogP contribution in [-0.2, 0) is 19.0 Å². The van der Waals surface area contributed by atoms with Crippen LogP contribution in [0.15, 0.2) is 47.7 Å². The molecule has 1 aromatic carbocycles. The topological polar surface area (TPSA) is 74.8 Å². The third kappa shape index (κ3) is 3.90. The van der Waals surface area contributed by atoms with Crippen molar-refractivity contribution in [2.45, 2.75) is 25.9 Å². The third-order valence-electron chi connectivity index (χ3n) is 4.50. The lowest BCUT2D eigenvalue weighted by molar-refractivity contribution is -0.137. The quantitative estimate of drug-likeness (QED) is 0.702. The summed E-state index contributed by atoms with van der Waals surface area (Å²) in [5.74, 6) is -0.634. The van der Waals surface area contributed by atoms with Gasteiger partial charge < -0.3 is 10.3 Å². The van der Waals surface area contributed by atoms with Gasteiger partial charge in [0.25, 0.3) is 5.91 Å². The van der Waals surface area contributed by atoms with Crippen LogP contribution in [0.3, 0.4) is 0 Å². The number of carbonyl (C=O) groups excluding carboxylic acids is 1. The molecule has 0 bridgehead atoms. The molecule has 0 spiro atoms. The van der Waals surface area contributed by atoms with Crippen LogP contribution in [0.5, 0.6) is 0 Å². The summed E-state index contributed by atoms with van der Waals surface area (Å²) in [5, 5.41) is 2.46. The SMILES string of the molecule is CCc1ccc2c(=O)c(C(=O)NCCc3ccncc3)c[nH]c2c1C(F)(F)F. The van der Waals surface area contributed by atoms with E-state index < -0.39 is 23.1 Å². The lowest BCUT2D eigenvalue weighted by Gasteiger charge is -2.15. The number of halogens is 3. The van der Waals surface area contributed by atoms with E-state index >= 15 is 0 Å². The Hall–Kier alpha value is -3.16. The van der Waals surface area contributed by atoms with Gasteiger partial charge in [0.2, 0.25) is 5.43 Å². The predicted molar refractivity (Wildman–Crippen MR) is 99.2 cm³/mol. The average Bonchev–Trinajstić information content (AvgIpc) is 2.67. The standard InChI is InChI=1S/C20H18F3N3O2/c1-2-13-3-4-14-17(16(13)20(21,22)23)26-11-15(18(14)27)19(28)25-10-7-12-5-8-24-9-6-12/h3-6,8-9,11H,2,7,10H2,1H3,(H,25,28)(H,26,27). The third-order valence-corrected chi connectivity index (χ3v) is 4.50. The molecule has 3 aromatic rings. The van der Waals surface area contributed by atoms with Crippen LogP contribution in [0.2, 0.25) is 0 Å². The van der Waals surface area contributed by atoms with Crippen LogP contribution in [0.25, 0.3) is 10.9 Å². The number of aromatic amines is 1. The number of rotatable bonds is 5. The van der Waals surface area contributed by atoms with Crippen LogP contribution in [0.1, 0.15) is 34.0 Å². The van der Waals surface area contributed by atoms with E-state index in [9.17, 15) is 22.8 Å². The van der Waals surface area contributed by atoms with Crippen molar-refractivity contribution in [1.82, 2.24) is 15.3 Å². The number of fused-ring (bicyclic) bond motifs is 1. The Morgan fingerprint density at radius 1 is 1.18 bits per heavy atom. The Balaban J connectivity index is 1.90. The zero-order valence-corrected chi connectivity index (χ0v) is 15.1. The van der Waals surface area contributed by atoms with E-state index in [4.69, 9.17) is 0 Å². The summed E-state index contributed by atoms with van der Waals surface area (Å²) >= 11 is 0. The molecular weight excluding hydrogens is 371 g/mol. The normalized spacial score (nSPS) is 11.6. The van der Waals surface area contributed by atoms with Gasteiger partial charge in [-0.2, -0.15) is 13.2 Å². The Morgan fingerprint density at radius 3 is 2.54 bits per heavy atom. The van der Waals surface area contributed by atoms with Gasteiger partial charge in [-0.15, -0.1) is 0 Å². The molecule has 3 rings (SSSR count). The lowest BCUT2D eigenvalue weighted by Crippen LogP contribution is -2.30. The Kier molecular flexibility index (Phi) is 5.48.